The minimum atomic E-state index is -0.465. The molecule has 0 fully saturated rings. The van der Waals surface area contributed by atoms with Crippen LogP contribution in [-0.4, -0.2) is 14.5 Å². The van der Waals surface area contributed by atoms with Gasteiger partial charge in [0.15, 0.2) is 0 Å². The summed E-state index contributed by atoms with van der Waals surface area (Å²) in [5.41, 5.74) is 16.0. The van der Waals surface area contributed by atoms with Crippen molar-refractivity contribution in [2.45, 2.75) is 18.9 Å². The first kappa shape index (κ1) is 32.3. The van der Waals surface area contributed by atoms with Crippen molar-refractivity contribution >= 4 is 32.7 Å². The molecule has 56 heavy (non-hydrogen) atoms. The van der Waals surface area contributed by atoms with Gasteiger partial charge in [0.1, 0.15) is 5.82 Å². The van der Waals surface area contributed by atoms with Crippen molar-refractivity contribution in [1.82, 2.24) is 14.5 Å². The number of fused-ring (bicyclic) bond motifs is 8. The molecule has 0 saturated carbocycles. The molecular weight excluding hydrogens is 679 g/mol. The Bertz CT molecular complexity index is 3050. The van der Waals surface area contributed by atoms with E-state index in [9.17, 15) is 0 Å². The second kappa shape index (κ2) is 12.8. The zero-order valence-electron chi connectivity index (χ0n) is 31.0. The average molecular weight is 716 g/mol. The molecule has 3 nitrogen and oxygen atoms in total. The molecule has 0 atom stereocenters. The molecule has 0 spiro atoms. The highest BCUT2D eigenvalue weighted by atomic mass is 15.1. The zero-order chi connectivity index (χ0) is 37.2. The number of para-hydroxylation sites is 3. The Morgan fingerprint density at radius 2 is 1.02 bits per heavy atom. The highest BCUT2D eigenvalue weighted by Gasteiger charge is 2.46. The summed E-state index contributed by atoms with van der Waals surface area (Å²) in [6.45, 7) is 3.04. The summed E-state index contributed by atoms with van der Waals surface area (Å²) >= 11 is 0. The number of hydrogen-bond acceptors (Lipinski definition) is 2. The van der Waals surface area contributed by atoms with E-state index in [1.165, 1.54) is 60.8 Å². The van der Waals surface area contributed by atoms with Crippen LogP contribution in [0.5, 0.6) is 0 Å². The number of benzene rings is 8. The number of pyridine rings is 1. The lowest BCUT2D eigenvalue weighted by atomic mass is 9.67. The molecule has 1 aliphatic carbocycles. The molecule has 0 radical (unpaired) electrons. The molecular formula is C53H37N3. The van der Waals surface area contributed by atoms with Crippen LogP contribution in [0.15, 0.2) is 194 Å². The highest BCUT2D eigenvalue weighted by Crippen LogP contribution is 2.58. The Labute approximate surface area is 326 Å². The van der Waals surface area contributed by atoms with Crippen LogP contribution in [-0.2, 0) is 12.0 Å². The Kier molecular flexibility index (Phi) is 7.36. The minimum Gasteiger partial charge on any atom is -0.324 e. The zero-order valence-corrected chi connectivity index (χ0v) is 31.0. The van der Waals surface area contributed by atoms with E-state index in [0.717, 1.165) is 45.6 Å². The number of aryl methyl sites for hydroxylation is 1. The summed E-state index contributed by atoms with van der Waals surface area (Å²) in [7, 11) is 0. The van der Waals surface area contributed by atoms with Crippen molar-refractivity contribution in [2.75, 3.05) is 0 Å². The largest absolute Gasteiger partial charge is 0.324 e. The maximum Gasteiger partial charge on any atom is 0.141 e. The average Bonchev–Trinajstić information content (AvgIpc) is 3.81. The third kappa shape index (κ3) is 4.71. The van der Waals surface area contributed by atoms with Gasteiger partial charge in [0.25, 0.3) is 0 Å². The molecule has 0 bridgehead atoms. The Morgan fingerprint density at radius 1 is 0.446 bits per heavy atom. The molecule has 0 aliphatic heterocycles. The lowest BCUT2D eigenvalue weighted by Crippen LogP contribution is -2.28. The van der Waals surface area contributed by atoms with Crippen molar-refractivity contribution in [1.29, 1.82) is 0 Å². The summed E-state index contributed by atoms with van der Waals surface area (Å²) in [4.78, 5) is 10.4. The van der Waals surface area contributed by atoms with Crippen LogP contribution in [0.2, 0.25) is 0 Å². The monoisotopic (exact) mass is 715 g/mol. The van der Waals surface area contributed by atoms with Gasteiger partial charge < -0.3 is 4.57 Å². The second-order valence-electron chi connectivity index (χ2n) is 14.7. The maximum absolute atomic E-state index is 5.38. The van der Waals surface area contributed by atoms with Crippen LogP contribution < -0.4 is 0 Å². The summed E-state index contributed by atoms with van der Waals surface area (Å²) in [5, 5.41) is 3.58. The van der Waals surface area contributed by atoms with E-state index in [-0.39, 0.29) is 0 Å². The van der Waals surface area contributed by atoms with Crippen molar-refractivity contribution in [2.24, 2.45) is 0 Å². The molecule has 0 saturated heterocycles. The summed E-state index contributed by atoms with van der Waals surface area (Å²) in [6.07, 6.45) is 0. The van der Waals surface area contributed by atoms with E-state index in [0.29, 0.717) is 0 Å². The smallest absolute Gasteiger partial charge is 0.141 e. The van der Waals surface area contributed by atoms with E-state index >= 15 is 0 Å². The fourth-order valence-corrected chi connectivity index (χ4v) is 9.44. The van der Waals surface area contributed by atoms with E-state index in [4.69, 9.17) is 9.97 Å². The first-order valence-corrected chi connectivity index (χ1v) is 19.5. The van der Waals surface area contributed by atoms with Gasteiger partial charge in [-0.15, -0.1) is 0 Å². The van der Waals surface area contributed by atoms with Crippen LogP contribution in [0.4, 0.5) is 0 Å². The van der Waals surface area contributed by atoms with Crippen molar-refractivity contribution < 1.29 is 0 Å². The normalized spacial score (nSPS) is 12.9. The molecule has 0 N–H and O–H groups in total. The fourth-order valence-electron chi connectivity index (χ4n) is 9.44. The number of nitrogens with zero attached hydrogens (tertiary/aromatic N) is 3. The van der Waals surface area contributed by atoms with Crippen LogP contribution in [0, 0.1) is 0 Å². The van der Waals surface area contributed by atoms with Gasteiger partial charge in [-0.3, -0.25) is 0 Å². The second-order valence-corrected chi connectivity index (χ2v) is 14.7. The maximum atomic E-state index is 5.38. The van der Waals surface area contributed by atoms with Crippen molar-refractivity contribution in [3.05, 3.63) is 216 Å². The van der Waals surface area contributed by atoms with Crippen LogP contribution >= 0.6 is 0 Å². The van der Waals surface area contributed by atoms with E-state index in [1.807, 2.05) is 0 Å². The van der Waals surface area contributed by atoms with Gasteiger partial charge in [0, 0.05) is 33.8 Å². The third-order valence-corrected chi connectivity index (χ3v) is 11.9. The molecule has 3 heteroatoms. The molecule has 0 amide bonds. The predicted octanol–water partition coefficient (Wildman–Crippen LogP) is 13.1. The molecule has 264 valence electrons. The molecule has 10 aromatic rings. The van der Waals surface area contributed by atoms with Gasteiger partial charge in [-0.1, -0.05) is 176 Å². The van der Waals surface area contributed by atoms with E-state index in [1.54, 1.807) is 0 Å². The van der Waals surface area contributed by atoms with Gasteiger partial charge in [-0.05, 0) is 69.6 Å². The van der Waals surface area contributed by atoms with Gasteiger partial charge in [0.05, 0.1) is 27.7 Å². The van der Waals surface area contributed by atoms with Gasteiger partial charge in [-0.25, -0.2) is 9.97 Å². The molecule has 2 aromatic heterocycles. The van der Waals surface area contributed by atoms with Crippen molar-refractivity contribution in [3.63, 3.8) is 0 Å². The van der Waals surface area contributed by atoms with E-state index < -0.39 is 5.41 Å². The Hall–Kier alpha value is -7.10. The highest BCUT2D eigenvalue weighted by molar-refractivity contribution is 6.19. The quantitative estimate of drug-likeness (QED) is 0.161. The van der Waals surface area contributed by atoms with Crippen LogP contribution in [0.1, 0.15) is 29.2 Å². The van der Waals surface area contributed by atoms with Crippen LogP contribution in [0.3, 0.4) is 0 Å². The minimum absolute atomic E-state index is 0.465. The van der Waals surface area contributed by atoms with Gasteiger partial charge in [0.2, 0.25) is 0 Å². The first-order chi connectivity index (χ1) is 27.7. The van der Waals surface area contributed by atoms with Gasteiger partial charge >= 0.3 is 0 Å². The lowest BCUT2D eigenvalue weighted by Gasteiger charge is -2.34. The predicted molar refractivity (Wildman–Crippen MR) is 232 cm³/mol. The topological polar surface area (TPSA) is 30.7 Å². The molecule has 11 rings (SSSR count). The molecule has 8 aromatic carbocycles. The third-order valence-electron chi connectivity index (χ3n) is 11.9. The van der Waals surface area contributed by atoms with Crippen LogP contribution in [0.25, 0.3) is 77.6 Å². The lowest BCUT2D eigenvalue weighted by molar-refractivity contribution is 0.769. The van der Waals surface area contributed by atoms with E-state index in [2.05, 4.69) is 206 Å². The summed E-state index contributed by atoms with van der Waals surface area (Å²) < 4.78 is 2.29. The van der Waals surface area contributed by atoms with Gasteiger partial charge in [-0.2, -0.15) is 0 Å². The number of aromatic nitrogens is 3. The van der Waals surface area contributed by atoms with Crippen molar-refractivity contribution in [3.8, 4) is 44.9 Å². The Balaban J connectivity index is 1.07. The number of rotatable bonds is 6. The molecule has 0 unspecified atom stereocenters. The summed E-state index contributed by atoms with van der Waals surface area (Å²) in [5.74, 6) is 1.00. The number of hydrogen-bond donors (Lipinski definition) is 0. The molecule has 1 aliphatic rings. The fraction of sp³-hybridized carbons (Fsp3) is 0.0566. The summed E-state index contributed by atoms with van der Waals surface area (Å²) in [6, 6.07) is 70.5. The Morgan fingerprint density at radius 3 is 1.71 bits per heavy atom. The number of imidazole rings is 1. The first-order valence-electron chi connectivity index (χ1n) is 19.5. The standard InChI is InChI=1S/C53H37N3/c1-2-56-48-24-14-13-23-47(48)55-52(56)38-31-27-36(28-32-38)35-25-29-37(30-26-35)51-43-33-34-45-50(49(43)42-20-10-12-22-46(42)54-51)41-19-9-11-21-44(41)53(45,39-15-5-3-6-16-39)40-17-7-4-8-18-40/h3-34H,2H2,1H3. The SMILES string of the molecule is CCn1c(-c2ccc(-c3ccc(-c4nc5ccccc5c5c6c(ccc45)C(c4ccccc4)(c4ccccc4)c4ccccc4-6)cc3)cc2)nc2ccccc21. The molecule has 2 heterocycles.